The molecule has 18 heavy (non-hydrogen) atoms. The summed E-state index contributed by atoms with van der Waals surface area (Å²) in [6.07, 6.45) is 5.77. The Morgan fingerprint density at radius 1 is 1.50 bits per heavy atom. The highest BCUT2D eigenvalue weighted by molar-refractivity contribution is 7.11. The summed E-state index contributed by atoms with van der Waals surface area (Å²) in [5.74, 6) is -0.378. The van der Waals surface area contributed by atoms with E-state index in [4.69, 9.17) is 11.6 Å². The van der Waals surface area contributed by atoms with Crippen molar-refractivity contribution in [2.24, 2.45) is 0 Å². The fourth-order valence-electron chi connectivity index (χ4n) is 1.49. The van der Waals surface area contributed by atoms with Gasteiger partial charge in [-0.25, -0.2) is 0 Å². The predicted octanol–water partition coefficient (Wildman–Crippen LogP) is 2.94. The van der Waals surface area contributed by atoms with Crippen LogP contribution in [0.4, 0.5) is 0 Å². The number of carbonyl (C=O) groups is 1. The number of rotatable bonds is 3. The Morgan fingerprint density at radius 3 is 2.89 bits per heavy atom. The van der Waals surface area contributed by atoms with Crippen molar-refractivity contribution in [3.8, 4) is 0 Å². The van der Waals surface area contributed by atoms with Crippen LogP contribution in [0.3, 0.4) is 0 Å². The minimum atomic E-state index is -0.575. The monoisotopic (exact) mass is 282 g/mol. The molecular weight excluding hydrogens is 276 g/mol. The lowest BCUT2D eigenvalue weighted by molar-refractivity contribution is -0.419. The Balaban J connectivity index is 2.47. The van der Waals surface area contributed by atoms with Gasteiger partial charge in [0.25, 0.3) is 5.70 Å². The molecule has 1 aliphatic carbocycles. The van der Waals surface area contributed by atoms with Crippen molar-refractivity contribution < 1.29 is 9.72 Å². The van der Waals surface area contributed by atoms with Gasteiger partial charge in [0, 0.05) is 23.7 Å². The molecule has 1 aromatic heterocycles. The molecule has 0 unspecified atom stereocenters. The smallest absolute Gasteiger partial charge is 0.276 e. The number of hydrogen-bond acceptors (Lipinski definition) is 5. The van der Waals surface area contributed by atoms with Crippen molar-refractivity contribution in [2.45, 2.75) is 6.42 Å². The number of aromatic nitrogens is 1. The second kappa shape index (κ2) is 5.24. The highest BCUT2D eigenvalue weighted by Gasteiger charge is 2.24. The van der Waals surface area contributed by atoms with Gasteiger partial charge < -0.3 is 0 Å². The highest BCUT2D eigenvalue weighted by atomic mass is 35.5. The number of halogens is 1. The van der Waals surface area contributed by atoms with E-state index in [2.05, 4.69) is 4.98 Å². The molecule has 5 nitrogen and oxygen atoms in total. The van der Waals surface area contributed by atoms with Crippen molar-refractivity contribution in [1.82, 2.24) is 4.98 Å². The van der Waals surface area contributed by atoms with Gasteiger partial charge >= 0.3 is 0 Å². The van der Waals surface area contributed by atoms with Crippen LogP contribution in [0.1, 0.15) is 16.1 Å². The lowest BCUT2D eigenvalue weighted by Crippen LogP contribution is -2.08. The van der Waals surface area contributed by atoms with Crippen LogP contribution in [0, 0.1) is 10.1 Å². The van der Waals surface area contributed by atoms with E-state index in [1.54, 1.807) is 6.08 Å². The normalized spacial score (nSPS) is 15.3. The molecule has 7 heteroatoms. The van der Waals surface area contributed by atoms with Gasteiger partial charge in [0.1, 0.15) is 0 Å². The molecule has 1 heterocycles. The van der Waals surface area contributed by atoms with Gasteiger partial charge in [0.15, 0.2) is 0 Å². The van der Waals surface area contributed by atoms with Gasteiger partial charge in [-0.15, -0.1) is 11.3 Å². The fourth-order valence-corrected chi connectivity index (χ4v) is 2.22. The van der Waals surface area contributed by atoms with E-state index in [9.17, 15) is 14.9 Å². The number of carbonyl (C=O) groups excluding carboxylic acids is 1. The number of ketones is 1. The predicted molar refractivity (Wildman–Crippen MR) is 68.2 cm³/mol. The molecule has 0 aromatic carbocycles. The van der Waals surface area contributed by atoms with Crippen LogP contribution in [0.15, 0.2) is 46.2 Å². The SMILES string of the molecule is O=C(C1=C([N+](=O)[O-])C=CC(Cl)=CC1)c1cncs1. The molecule has 0 fully saturated rings. The van der Waals surface area contributed by atoms with E-state index in [0.29, 0.717) is 9.91 Å². The van der Waals surface area contributed by atoms with Crippen molar-refractivity contribution in [1.29, 1.82) is 0 Å². The molecule has 0 N–H and O–H groups in total. The van der Waals surface area contributed by atoms with Crippen LogP contribution in [0.2, 0.25) is 0 Å². The van der Waals surface area contributed by atoms with E-state index in [0.717, 1.165) is 11.3 Å². The number of thiazole rings is 1. The topological polar surface area (TPSA) is 73.1 Å². The zero-order chi connectivity index (χ0) is 13.1. The minimum Gasteiger partial charge on any atom is -0.288 e. The maximum Gasteiger partial charge on any atom is 0.276 e. The van der Waals surface area contributed by atoms with Gasteiger partial charge in [-0.05, 0) is 6.08 Å². The summed E-state index contributed by atoms with van der Waals surface area (Å²) >= 11 is 6.94. The van der Waals surface area contributed by atoms with Gasteiger partial charge in [0.2, 0.25) is 5.78 Å². The average Bonchev–Trinajstić information content (AvgIpc) is 2.78. The van der Waals surface area contributed by atoms with E-state index >= 15 is 0 Å². The second-order valence-electron chi connectivity index (χ2n) is 3.44. The third-order valence-electron chi connectivity index (χ3n) is 2.34. The molecule has 1 aliphatic rings. The number of nitro groups is 1. The first-order valence-corrected chi connectivity index (χ1v) is 6.20. The molecule has 0 bridgehead atoms. The average molecular weight is 283 g/mol. The van der Waals surface area contributed by atoms with Crippen LogP contribution in [0.5, 0.6) is 0 Å². The summed E-state index contributed by atoms with van der Waals surface area (Å²) in [6, 6.07) is 0. The Bertz CT molecular complexity index is 587. The Morgan fingerprint density at radius 2 is 2.28 bits per heavy atom. The second-order valence-corrected chi connectivity index (χ2v) is 4.76. The fraction of sp³-hybridized carbons (Fsp3) is 0.0909. The summed E-state index contributed by atoms with van der Waals surface area (Å²) in [5.41, 5.74) is 1.41. The minimum absolute atomic E-state index is 0.121. The standard InChI is InChI=1S/C11H7ClN2O3S/c12-7-1-3-8(9(4-2-7)14(16)17)11(15)10-5-13-6-18-10/h1-2,4-6H,3H2. The largest absolute Gasteiger partial charge is 0.288 e. The molecule has 0 atom stereocenters. The number of allylic oxidation sites excluding steroid dienone is 5. The molecule has 0 aliphatic heterocycles. The number of hydrogen-bond donors (Lipinski definition) is 0. The third-order valence-corrected chi connectivity index (χ3v) is 3.39. The van der Waals surface area contributed by atoms with E-state index in [1.165, 1.54) is 23.9 Å². The summed E-state index contributed by atoms with van der Waals surface area (Å²) in [4.78, 5) is 26.7. The third kappa shape index (κ3) is 2.55. The first kappa shape index (κ1) is 12.7. The number of nitrogens with zero attached hydrogens (tertiary/aromatic N) is 2. The molecule has 0 spiro atoms. The first-order chi connectivity index (χ1) is 8.59. The Labute approximate surface area is 111 Å². The van der Waals surface area contributed by atoms with Crippen LogP contribution < -0.4 is 0 Å². The molecule has 0 radical (unpaired) electrons. The van der Waals surface area contributed by atoms with Crippen LogP contribution in [-0.2, 0) is 0 Å². The van der Waals surface area contributed by atoms with Crippen LogP contribution in [0.25, 0.3) is 0 Å². The molecule has 2 rings (SSSR count). The van der Waals surface area contributed by atoms with Crippen molar-refractivity contribution in [2.75, 3.05) is 0 Å². The molecule has 0 saturated carbocycles. The lowest BCUT2D eigenvalue weighted by atomic mass is 10.0. The summed E-state index contributed by atoms with van der Waals surface area (Å²) in [6.45, 7) is 0. The molecule has 0 amide bonds. The van der Waals surface area contributed by atoms with E-state index < -0.39 is 4.92 Å². The van der Waals surface area contributed by atoms with Crippen LogP contribution >= 0.6 is 22.9 Å². The van der Waals surface area contributed by atoms with Gasteiger partial charge in [-0.1, -0.05) is 17.7 Å². The quantitative estimate of drug-likeness (QED) is 0.485. The zero-order valence-electron chi connectivity index (χ0n) is 9.00. The van der Waals surface area contributed by atoms with Crippen LogP contribution in [-0.4, -0.2) is 15.7 Å². The zero-order valence-corrected chi connectivity index (χ0v) is 10.6. The Hall–Kier alpha value is -1.79. The lowest BCUT2D eigenvalue weighted by Gasteiger charge is -2.01. The van der Waals surface area contributed by atoms with Gasteiger partial charge in [-0.2, -0.15) is 0 Å². The van der Waals surface area contributed by atoms with Gasteiger partial charge in [-0.3, -0.25) is 19.9 Å². The molecule has 92 valence electrons. The van der Waals surface area contributed by atoms with E-state index in [-0.39, 0.29) is 23.5 Å². The van der Waals surface area contributed by atoms with Crippen molar-refractivity contribution in [3.63, 3.8) is 0 Å². The summed E-state index contributed by atoms with van der Waals surface area (Å²) in [7, 11) is 0. The van der Waals surface area contributed by atoms with Crippen molar-refractivity contribution in [3.05, 3.63) is 61.2 Å². The Kier molecular flexibility index (Phi) is 3.69. The summed E-state index contributed by atoms with van der Waals surface area (Å²) in [5, 5.41) is 11.3. The molecule has 1 aromatic rings. The number of Topliss-reactive ketones (excluding diaryl/α,β-unsaturated/α-hetero) is 1. The first-order valence-electron chi connectivity index (χ1n) is 4.94. The maximum atomic E-state index is 12.1. The van der Waals surface area contributed by atoms with Crippen molar-refractivity contribution >= 4 is 28.7 Å². The molecular formula is C11H7ClN2O3S. The summed E-state index contributed by atoms with van der Waals surface area (Å²) < 4.78 is 0. The highest BCUT2D eigenvalue weighted by Crippen LogP contribution is 2.24. The van der Waals surface area contributed by atoms with E-state index in [1.807, 2.05) is 0 Å². The maximum absolute atomic E-state index is 12.1. The van der Waals surface area contributed by atoms with Gasteiger partial charge in [0.05, 0.1) is 20.9 Å². The molecule has 0 saturated heterocycles.